The fourth-order valence-corrected chi connectivity index (χ4v) is 2.26. The highest BCUT2D eigenvalue weighted by Crippen LogP contribution is 2.23. The van der Waals surface area contributed by atoms with E-state index in [4.69, 9.17) is 4.42 Å². The Kier molecular flexibility index (Phi) is 3.24. The molecule has 0 spiro atoms. The van der Waals surface area contributed by atoms with Crippen molar-refractivity contribution in [3.8, 4) is 11.5 Å². The van der Waals surface area contributed by atoms with Gasteiger partial charge >= 0.3 is 0 Å². The summed E-state index contributed by atoms with van der Waals surface area (Å²) in [6.45, 7) is 2.05. The van der Waals surface area contributed by atoms with Crippen molar-refractivity contribution in [2.45, 2.75) is 6.92 Å². The Bertz CT molecular complexity index is 910. The Hall–Kier alpha value is -3.21. The van der Waals surface area contributed by atoms with E-state index in [1.807, 2.05) is 48.5 Å². The van der Waals surface area contributed by atoms with Gasteiger partial charge in [0.05, 0.1) is 5.56 Å². The van der Waals surface area contributed by atoms with Crippen LogP contribution in [0, 0.1) is 6.92 Å². The zero-order chi connectivity index (χ0) is 15.6. The summed E-state index contributed by atoms with van der Waals surface area (Å²) in [5, 5.41) is 3.16. The van der Waals surface area contributed by atoms with Gasteiger partial charge in [-0.1, -0.05) is 29.8 Å². The number of anilines is 2. The van der Waals surface area contributed by atoms with Crippen molar-refractivity contribution >= 4 is 22.7 Å². The van der Waals surface area contributed by atoms with Crippen molar-refractivity contribution in [2.75, 3.05) is 5.32 Å². The highest BCUT2D eigenvalue weighted by molar-refractivity contribution is 5.75. The first kappa shape index (κ1) is 13.5. The molecule has 0 aliphatic rings. The van der Waals surface area contributed by atoms with Gasteiger partial charge in [0, 0.05) is 18.1 Å². The molecule has 0 amide bonds. The average molecular weight is 302 g/mol. The van der Waals surface area contributed by atoms with E-state index >= 15 is 0 Å². The van der Waals surface area contributed by atoms with Gasteiger partial charge in [0.25, 0.3) is 0 Å². The molecule has 0 radical (unpaired) electrons. The largest absolute Gasteiger partial charge is 0.436 e. The van der Waals surface area contributed by atoms with E-state index in [2.05, 4.69) is 27.2 Å². The molecule has 0 aliphatic heterocycles. The van der Waals surface area contributed by atoms with E-state index in [1.165, 1.54) is 5.56 Å². The molecule has 5 heteroatoms. The van der Waals surface area contributed by atoms with Gasteiger partial charge in [-0.2, -0.15) is 0 Å². The molecule has 2 aromatic heterocycles. The summed E-state index contributed by atoms with van der Waals surface area (Å²) in [6.07, 6.45) is 3.41. The van der Waals surface area contributed by atoms with E-state index in [0.29, 0.717) is 11.8 Å². The number of nitrogens with zero attached hydrogens (tertiary/aromatic N) is 3. The van der Waals surface area contributed by atoms with E-state index in [-0.39, 0.29) is 0 Å². The first-order valence-electron chi connectivity index (χ1n) is 7.30. The molecule has 0 saturated heterocycles. The molecule has 23 heavy (non-hydrogen) atoms. The summed E-state index contributed by atoms with van der Waals surface area (Å²) >= 11 is 0. The van der Waals surface area contributed by atoms with Gasteiger partial charge in [-0.3, -0.25) is 0 Å². The lowest BCUT2D eigenvalue weighted by Crippen LogP contribution is -1.96. The molecule has 0 unspecified atom stereocenters. The molecule has 112 valence electrons. The monoisotopic (exact) mass is 302 g/mol. The molecular weight excluding hydrogens is 288 g/mol. The number of aromatic nitrogens is 3. The number of aryl methyl sites for hydroxylation is 1. The van der Waals surface area contributed by atoms with Crippen LogP contribution < -0.4 is 5.32 Å². The van der Waals surface area contributed by atoms with E-state index < -0.39 is 0 Å². The minimum atomic E-state index is 0.521. The third kappa shape index (κ3) is 2.76. The van der Waals surface area contributed by atoms with Crippen LogP contribution in [0.15, 0.2) is 65.3 Å². The van der Waals surface area contributed by atoms with Crippen LogP contribution >= 0.6 is 0 Å². The number of rotatable bonds is 3. The second-order valence-corrected chi connectivity index (χ2v) is 5.27. The number of nitrogens with one attached hydrogen (secondary N) is 1. The lowest BCUT2D eigenvalue weighted by Gasteiger charge is -2.04. The number of hydrogen-bond donors (Lipinski definition) is 1. The first-order valence-corrected chi connectivity index (χ1v) is 7.30. The molecule has 1 N–H and O–H groups in total. The maximum Gasteiger partial charge on any atom is 0.230 e. The SMILES string of the molecule is Cc1ccc(Nc2ncc(-c3nc4ccccc4o3)cn2)cc1. The smallest absolute Gasteiger partial charge is 0.230 e. The van der Waals surface area contributed by atoms with Gasteiger partial charge in [-0.05, 0) is 31.2 Å². The molecular formula is C18H14N4O. The molecule has 4 aromatic rings. The standard InChI is InChI=1S/C18H14N4O/c1-12-6-8-14(9-7-12)21-18-19-10-13(11-20-18)17-22-15-4-2-3-5-16(15)23-17/h2-11H,1H3,(H,19,20,21). The van der Waals surface area contributed by atoms with Crippen molar-refractivity contribution in [2.24, 2.45) is 0 Å². The number of hydrogen-bond acceptors (Lipinski definition) is 5. The highest BCUT2D eigenvalue weighted by Gasteiger charge is 2.09. The zero-order valence-corrected chi connectivity index (χ0v) is 12.5. The van der Waals surface area contributed by atoms with Crippen LogP contribution in [-0.4, -0.2) is 15.0 Å². The molecule has 0 atom stereocenters. The zero-order valence-electron chi connectivity index (χ0n) is 12.5. The van der Waals surface area contributed by atoms with Crippen molar-refractivity contribution in [3.05, 3.63) is 66.5 Å². The molecule has 0 fully saturated rings. The van der Waals surface area contributed by atoms with Gasteiger partial charge in [0.2, 0.25) is 11.8 Å². The lowest BCUT2D eigenvalue weighted by atomic mass is 10.2. The van der Waals surface area contributed by atoms with Crippen LogP contribution in [0.25, 0.3) is 22.6 Å². The van der Waals surface area contributed by atoms with Crippen LogP contribution in [0.3, 0.4) is 0 Å². The quantitative estimate of drug-likeness (QED) is 0.610. The highest BCUT2D eigenvalue weighted by atomic mass is 16.3. The average Bonchev–Trinajstić information content (AvgIpc) is 3.02. The molecule has 0 aliphatic carbocycles. The molecule has 5 nitrogen and oxygen atoms in total. The van der Waals surface area contributed by atoms with Crippen LogP contribution in [0.5, 0.6) is 0 Å². The number of benzene rings is 2. The Morgan fingerprint density at radius 2 is 1.65 bits per heavy atom. The van der Waals surface area contributed by atoms with Crippen molar-refractivity contribution in [1.29, 1.82) is 0 Å². The number of fused-ring (bicyclic) bond motifs is 1. The molecule has 0 bridgehead atoms. The first-order chi connectivity index (χ1) is 11.3. The summed E-state index contributed by atoms with van der Waals surface area (Å²) in [5.74, 6) is 1.06. The topological polar surface area (TPSA) is 63.8 Å². The Balaban J connectivity index is 1.58. The maximum atomic E-state index is 5.71. The minimum absolute atomic E-state index is 0.521. The van der Waals surface area contributed by atoms with E-state index in [9.17, 15) is 0 Å². The van der Waals surface area contributed by atoms with Gasteiger partial charge in [-0.15, -0.1) is 0 Å². The normalized spacial score (nSPS) is 10.8. The Morgan fingerprint density at radius 1 is 0.913 bits per heavy atom. The van der Waals surface area contributed by atoms with Crippen molar-refractivity contribution < 1.29 is 4.42 Å². The molecule has 4 rings (SSSR count). The Morgan fingerprint density at radius 3 is 2.39 bits per heavy atom. The molecule has 0 saturated carbocycles. The third-order valence-electron chi connectivity index (χ3n) is 3.50. The minimum Gasteiger partial charge on any atom is -0.436 e. The van der Waals surface area contributed by atoms with Gasteiger partial charge in [0.1, 0.15) is 5.52 Å². The van der Waals surface area contributed by atoms with Crippen LogP contribution in [0.1, 0.15) is 5.56 Å². The van der Waals surface area contributed by atoms with Gasteiger partial charge < -0.3 is 9.73 Å². The van der Waals surface area contributed by atoms with E-state index in [0.717, 1.165) is 22.4 Å². The fraction of sp³-hybridized carbons (Fsp3) is 0.0556. The van der Waals surface area contributed by atoms with Crippen molar-refractivity contribution in [1.82, 2.24) is 15.0 Å². The van der Waals surface area contributed by atoms with Gasteiger partial charge in [-0.25, -0.2) is 15.0 Å². The lowest BCUT2D eigenvalue weighted by molar-refractivity contribution is 0.619. The second-order valence-electron chi connectivity index (χ2n) is 5.27. The van der Waals surface area contributed by atoms with Crippen LogP contribution in [0.4, 0.5) is 11.6 Å². The number of para-hydroxylation sites is 2. The molecule has 2 aromatic carbocycles. The molecule has 2 heterocycles. The van der Waals surface area contributed by atoms with Crippen molar-refractivity contribution in [3.63, 3.8) is 0 Å². The maximum absolute atomic E-state index is 5.71. The van der Waals surface area contributed by atoms with Crippen LogP contribution in [-0.2, 0) is 0 Å². The fourth-order valence-electron chi connectivity index (χ4n) is 2.26. The van der Waals surface area contributed by atoms with Gasteiger partial charge in [0.15, 0.2) is 5.58 Å². The summed E-state index contributed by atoms with van der Waals surface area (Å²) in [7, 11) is 0. The van der Waals surface area contributed by atoms with Crippen LogP contribution in [0.2, 0.25) is 0 Å². The number of oxazole rings is 1. The Labute approximate surface area is 133 Å². The summed E-state index contributed by atoms with van der Waals surface area (Å²) in [5.41, 5.74) is 4.48. The summed E-state index contributed by atoms with van der Waals surface area (Å²) < 4.78 is 5.71. The predicted molar refractivity (Wildman–Crippen MR) is 89.5 cm³/mol. The summed E-state index contributed by atoms with van der Waals surface area (Å²) in [4.78, 5) is 13.1. The van der Waals surface area contributed by atoms with E-state index in [1.54, 1.807) is 12.4 Å². The summed E-state index contributed by atoms with van der Waals surface area (Å²) in [6, 6.07) is 15.7. The third-order valence-corrected chi connectivity index (χ3v) is 3.50. The predicted octanol–water partition coefficient (Wildman–Crippen LogP) is 4.34. The second kappa shape index (κ2) is 5.53.